The summed E-state index contributed by atoms with van der Waals surface area (Å²) in [7, 11) is 3.24. The molecule has 2 aromatic carbocycles. The third-order valence-electron chi connectivity index (χ3n) is 4.50. The molecule has 0 fully saturated rings. The maximum atomic E-state index is 12.6. The van der Waals surface area contributed by atoms with E-state index in [1.54, 1.807) is 55.5 Å². The summed E-state index contributed by atoms with van der Waals surface area (Å²) in [6.45, 7) is 3.81. The van der Waals surface area contributed by atoms with Crippen LogP contribution in [0.4, 0.5) is 11.4 Å². The number of fused-ring (bicyclic) bond motifs is 1. The molecular weight excluding hydrogens is 360 g/mol. The van der Waals surface area contributed by atoms with Crippen molar-refractivity contribution in [2.24, 2.45) is 5.41 Å². The van der Waals surface area contributed by atoms with E-state index in [1.165, 1.54) is 0 Å². The first kappa shape index (κ1) is 19.5. The SMILES string of the molecule is COc1ccccc1OCC(=O)Nc1ccc2c(c1)N(C)C(=O)C(C)(C)CO2. The number of carbonyl (C=O) groups excluding carboxylic acids is 2. The van der Waals surface area contributed by atoms with Crippen molar-refractivity contribution in [2.75, 3.05) is 37.6 Å². The van der Waals surface area contributed by atoms with Crippen molar-refractivity contribution in [3.8, 4) is 17.2 Å². The van der Waals surface area contributed by atoms with E-state index in [-0.39, 0.29) is 18.4 Å². The zero-order valence-electron chi connectivity index (χ0n) is 16.4. The van der Waals surface area contributed by atoms with Gasteiger partial charge in [0.15, 0.2) is 18.1 Å². The molecule has 148 valence electrons. The summed E-state index contributed by atoms with van der Waals surface area (Å²) in [5.41, 5.74) is 0.536. The van der Waals surface area contributed by atoms with Crippen molar-refractivity contribution in [1.29, 1.82) is 0 Å². The number of benzene rings is 2. The zero-order valence-corrected chi connectivity index (χ0v) is 16.4. The lowest BCUT2D eigenvalue weighted by Crippen LogP contribution is -2.39. The second kappa shape index (κ2) is 7.80. The average Bonchev–Trinajstić information content (AvgIpc) is 2.77. The number of anilines is 2. The summed E-state index contributed by atoms with van der Waals surface area (Å²) >= 11 is 0. The highest BCUT2D eigenvalue weighted by Gasteiger charge is 2.36. The summed E-state index contributed by atoms with van der Waals surface area (Å²) in [6, 6.07) is 12.3. The van der Waals surface area contributed by atoms with Crippen LogP contribution in [-0.2, 0) is 9.59 Å². The van der Waals surface area contributed by atoms with Gasteiger partial charge < -0.3 is 24.4 Å². The van der Waals surface area contributed by atoms with Gasteiger partial charge in [0.25, 0.3) is 5.91 Å². The van der Waals surface area contributed by atoms with Crippen LogP contribution in [0.1, 0.15) is 13.8 Å². The minimum atomic E-state index is -0.625. The number of hydrogen-bond donors (Lipinski definition) is 1. The van der Waals surface area contributed by atoms with Crippen LogP contribution in [0.15, 0.2) is 42.5 Å². The van der Waals surface area contributed by atoms with Crippen LogP contribution in [0.2, 0.25) is 0 Å². The topological polar surface area (TPSA) is 77.1 Å². The molecular formula is C21H24N2O5. The number of carbonyl (C=O) groups is 2. The van der Waals surface area contributed by atoms with Crippen molar-refractivity contribution in [3.05, 3.63) is 42.5 Å². The first-order chi connectivity index (χ1) is 13.3. The van der Waals surface area contributed by atoms with Gasteiger partial charge in [-0.1, -0.05) is 12.1 Å². The Kier molecular flexibility index (Phi) is 5.44. The van der Waals surface area contributed by atoms with E-state index in [9.17, 15) is 9.59 Å². The maximum absolute atomic E-state index is 12.6. The molecule has 3 rings (SSSR count). The summed E-state index contributed by atoms with van der Waals surface area (Å²) in [5, 5.41) is 2.78. The van der Waals surface area contributed by atoms with Gasteiger partial charge in [0.2, 0.25) is 5.91 Å². The standard InChI is InChI=1S/C21H24N2O5/c1-21(2)13-28-16-10-9-14(11-15(16)23(3)20(21)25)22-19(24)12-27-18-8-6-5-7-17(18)26-4/h5-11H,12-13H2,1-4H3,(H,22,24). The first-order valence-electron chi connectivity index (χ1n) is 8.92. The molecule has 1 aliphatic rings. The Morgan fingerprint density at radius 2 is 1.93 bits per heavy atom. The molecule has 0 saturated carbocycles. The first-order valence-corrected chi connectivity index (χ1v) is 8.92. The van der Waals surface area contributed by atoms with Crippen LogP contribution in [0.3, 0.4) is 0 Å². The zero-order chi connectivity index (χ0) is 20.3. The number of rotatable bonds is 5. The van der Waals surface area contributed by atoms with Gasteiger partial charge in [-0.25, -0.2) is 0 Å². The molecule has 0 atom stereocenters. The molecule has 1 N–H and O–H groups in total. The van der Waals surface area contributed by atoms with Crippen molar-refractivity contribution in [2.45, 2.75) is 13.8 Å². The Balaban J connectivity index is 1.70. The summed E-state index contributed by atoms with van der Waals surface area (Å²) < 4.78 is 16.5. The van der Waals surface area contributed by atoms with Gasteiger partial charge in [-0.05, 0) is 44.2 Å². The second-order valence-electron chi connectivity index (χ2n) is 7.21. The molecule has 28 heavy (non-hydrogen) atoms. The lowest BCUT2D eigenvalue weighted by molar-refractivity contribution is -0.127. The van der Waals surface area contributed by atoms with E-state index in [0.29, 0.717) is 35.2 Å². The molecule has 0 bridgehead atoms. The highest BCUT2D eigenvalue weighted by molar-refractivity contribution is 6.00. The van der Waals surface area contributed by atoms with Crippen molar-refractivity contribution in [3.63, 3.8) is 0 Å². The van der Waals surface area contributed by atoms with E-state index < -0.39 is 5.41 Å². The summed E-state index contributed by atoms with van der Waals surface area (Å²) in [4.78, 5) is 26.5. The van der Waals surface area contributed by atoms with E-state index >= 15 is 0 Å². The molecule has 0 spiro atoms. The van der Waals surface area contributed by atoms with Gasteiger partial charge in [-0.3, -0.25) is 9.59 Å². The number of amides is 2. The third kappa shape index (κ3) is 4.03. The number of methoxy groups -OCH3 is 1. The predicted octanol–water partition coefficient (Wildman–Crippen LogP) is 3.09. The molecule has 1 heterocycles. The molecule has 7 heteroatoms. The van der Waals surface area contributed by atoms with Gasteiger partial charge in [-0.2, -0.15) is 0 Å². The van der Waals surface area contributed by atoms with Gasteiger partial charge in [0.05, 0.1) is 18.2 Å². The maximum Gasteiger partial charge on any atom is 0.262 e. The Morgan fingerprint density at radius 3 is 2.64 bits per heavy atom. The fourth-order valence-corrected chi connectivity index (χ4v) is 2.94. The molecule has 1 aliphatic heterocycles. The monoisotopic (exact) mass is 384 g/mol. The molecule has 2 amide bonds. The fraction of sp³-hybridized carbons (Fsp3) is 0.333. The minimum absolute atomic E-state index is 0.0470. The molecule has 7 nitrogen and oxygen atoms in total. The Bertz CT molecular complexity index is 894. The smallest absolute Gasteiger partial charge is 0.262 e. The van der Waals surface area contributed by atoms with Crippen LogP contribution in [0.25, 0.3) is 0 Å². The number of para-hydroxylation sites is 2. The number of nitrogens with zero attached hydrogens (tertiary/aromatic N) is 1. The van der Waals surface area contributed by atoms with Gasteiger partial charge >= 0.3 is 0 Å². The van der Waals surface area contributed by atoms with E-state index in [0.717, 1.165) is 0 Å². The third-order valence-corrected chi connectivity index (χ3v) is 4.50. The highest BCUT2D eigenvalue weighted by atomic mass is 16.5. The molecule has 0 aromatic heterocycles. The number of hydrogen-bond acceptors (Lipinski definition) is 5. The van der Waals surface area contributed by atoms with Crippen LogP contribution in [0, 0.1) is 5.41 Å². The summed E-state index contributed by atoms with van der Waals surface area (Å²) in [5.74, 6) is 1.27. The molecule has 0 aliphatic carbocycles. The van der Waals surface area contributed by atoms with E-state index in [2.05, 4.69) is 5.32 Å². The van der Waals surface area contributed by atoms with Gasteiger partial charge in [0, 0.05) is 12.7 Å². The lowest BCUT2D eigenvalue weighted by atomic mass is 9.93. The largest absolute Gasteiger partial charge is 0.493 e. The van der Waals surface area contributed by atoms with Crippen molar-refractivity contribution < 1.29 is 23.8 Å². The molecule has 0 saturated heterocycles. The Labute approximate surface area is 164 Å². The summed E-state index contributed by atoms with van der Waals surface area (Å²) in [6.07, 6.45) is 0. The van der Waals surface area contributed by atoms with Crippen molar-refractivity contribution >= 4 is 23.2 Å². The quantitative estimate of drug-likeness (QED) is 0.857. The normalized spacial score (nSPS) is 15.1. The number of nitrogens with one attached hydrogen (secondary N) is 1. The van der Waals surface area contributed by atoms with Gasteiger partial charge in [-0.15, -0.1) is 0 Å². The Hall–Kier alpha value is -3.22. The average molecular weight is 384 g/mol. The minimum Gasteiger partial charge on any atom is -0.493 e. The highest BCUT2D eigenvalue weighted by Crippen LogP contribution is 2.37. The Morgan fingerprint density at radius 1 is 1.21 bits per heavy atom. The number of ether oxygens (including phenoxy) is 3. The molecule has 0 radical (unpaired) electrons. The van der Waals surface area contributed by atoms with Gasteiger partial charge in [0.1, 0.15) is 12.4 Å². The molecule has 0 unspecified atom stereocenters. The van der Waals surface area contributed by atoms with E-state index in [4.69, 9.17) is 14.2 Å². The lowest BCUT2D eigenvalue weighted by Gasteiger charge is -2.24. The fourth-order valence-electron chi connectivity index (χ4n) is 2.94. The van der Waals surface area contributed by atoms with Crippen LogP contribution in [0.5, 0.6) is 17.2 Å². The van der Waals surface area contributed by atoms with Crippen LogP contribution >= 0.6 is 0 Å². The molecule has 2 aromatic rings. The predicted molar refractivity (Wildman–Crippen MR) is 106 cm³/mol. The van der Waals surface area contributed by atoms with Crippen LogP contribution in [-0.4, -0.2) is 39.2 Å². The van der Waals surface area contributed by atoms with Crippen molar-refractivity contribution in [1.82, 2.24) is 0 Å². The second-order valence-corrected chi connectivity index (χ2v) is 7.21. The van der Waals surface area contributed by atoms with E-state index in [1.807, 2.05) is 19.9 Å². The van der Waals surface area contributed by atoms with Crippen LogP contribution < -0.4 is 24.4 Å².